The molecule has 1 aromatic heterocycles. The summed E-state index contributed by atoms with van der Waals surface area (Å²) in [5.41, 5.74) is 5.45. The van der Waals surface area contributed by atoms with Crippen molar-refractivity contribution >= 4 is 22.9 Å². The van der Waals surface area contributed by atoms with E-state index in [1.165, 1.54) is 24.8 Å². The summed E-state index contributed by atoms with van der Waals surface area (Å²) in [5.74, 6) is 0. The van der Waals surface area contributed by atoms with Crippen LogP contribution in [0.25, 0.3) is 11.3 Å². The number of rotatable bonds is 1. The minimum absolute atomic E-state index is 0. The molecular weight excluding hydrogens is 325 g/mol. The molecule has 118 valence electrons. The standard InChI is InChI=1S/C19H19N3S.Na.H/c1-22-14(12-20)6-8-17(22)13-5-7-16-15(11-13)19(18(23)21-16)9-3-2-4-10-19;;/h5-8,11H,2-4,9-10H2,1H3,(H,21,23);;/q;+1;-1. The smallest absolute Gasteiger partial charge is 1.00 e. The van der Waals surface area contributed by atoms with E-state index < -0.39 is 0 Å². The summed E-state index contributed by atoms with van der Waals surface area (Å²) in [6.45, 7) is 0. The molecule has 24 heavy (non-hydrogen) atoms. The van der Waals surface area contributed by atoms with Crippen LogP contribution in [-0.4, -0.2) is 9.56 Å². The van der Waals surface area contributed by atoms with Crippen molar-refractivity contribution < 1.29 is 31.0 Å². The fourth-order valence-electron chi connectivity index (χ4n) is 4.14. The Kier molecular flexibility index (Phi) is 4.90. The topological polar surface area (TPSA) is 40.8 Å². The number of nitrogens with zero attached hydrogens (tertiary/aromatic N) is 2. The summed E-state index contributed by atoms with van der Waals surface area (Å²) in [6.07, 6.45) is 6.09. The fourth-order valence-corrected chi connectivity index (χ4v) is 4.56. The van der Waals surface area contributed by atoms with E-state index in [2.05, 4.69) is 29.6 Å². The van der Waals surface area contributed by atoms with Gasteiger partial charge in [-0.05, 0) is 48.2 Å². The van der Waals surface area contributed by atoms with Crippen LogP contribution in [0.4, 0.5) is 5.69 Å². The molecule has 3 nitrogen and oxygen atoms in total. The predicted octanol–water partition coefficient (Wildman–Crippen LogP) is 1.64. The van der Waals surface area contributed by atoms with E-state index in [0.29, 0.717) is 5.69 Å². The molecule has 5 heteroatoms. The van der Waals surface area contributed by atoms with Crippen LogP contribution in [0.5, 0.6) is 0 Å². The van der Waals surface area contributed by atoms with Crippen LogP contribution in [0.15, 0.2) is 30.3 Å². The summed E-state index contributed by atoms with van der Waals surface area (Å²) in [5, 5.41) is 12.6. The molecule has 1 spiro atoms. The number of aromatic nitrogens is 1. The molecule has 4 rings (SSSR count). The number of anilines is 1. The second-order valence-electron chi connectivity index (χ2n) is 6.63. The molecule has 1 fully saturated rings. The second-order valence-corrected chi connectivity index (χ2v) is 7.04. The van der Waals surface area contributed by atoms with Crippen LogP contribution >= 0.6 is 12.2 Å². The van der Waals surface area contributed by atoms with E-state index in [0.717, 1.165) is 34.8 Å². The third kappa shape index (κ3) is 2.55. The molecule has 1 aromatic carbocycles. The maximum Gasteiger partial charge on any atom is 1.00 e. The molecule has 1 N–H and O–H groups in total. The maximum atomic E-state index is 9.17. The first kappa shape index (κ1) is 17.7. The van der Waals surface area contributed by atoms with E-state index in [9.17, 15) is 0 Å². The first-order valence-corrected chi connectivity index (χ1v) is 8.59. The van der Waals surface area contributed by atoms with Crippen molar-refractivity contribution in [2.24, 2.45) is 7.05 Å². The Bertz CT molecular complexity index is 847. The second kappa shape index (κ2) is 6.65. The number of hydrogen-bond donors (Lipinski definition) is 1. The number of benzene rings is 1. The Balaban J connectivity index is 0.00000113. The molecule has 1 aliphatic heterocycles. The number of thiocarbonyl (C=S) groups is 1. The van der Waals surface area contributed by atoms with Crippen LogP contribution in [0.3, 0.4) is 0 Å². The van der Waals surface area contributed by atoms with Crippen LogP contribution < -0.4 is 34.9 Å². The van der Waals surface area contributed by atoms with Crippen molar-refractivity contribution in [1.82, 2.24) is 4.57 Å². The normalized spacial score (nSPS) is 17.8. The van der Waals surface area contributed by atoms with Gasteiger partial charge in [-0.1, -0.05) is 37.5 Å². The average molecular weight is 345 g/mol. The molecule has 2 aliphatic rings. The number of nitrogens with one attached hydrogen (secondary N) is 1. The Morgan fingerprint density at radius 3 is 2.62 bits per heavy atom. The minimum atomic E-state index is 0. The molecule has 0 amide bonds. The maximum absolute atomic E-state index is 9.17. The van der Waals surface area contributed by atoms with Crippen LogP contribution in [-0.2, 0) is 12.5 Å². The van der Waals surface area contributed by atoms with Crippen molar-refractivity contribution in [1.29, 1.82) is 5.26 Å². The number of fused-ring (bicyclic) bond motifs is 2. The monoisotopic (exact) mass is 345 g/mol. The molecule has 1 aliphatic carbocycles. The summed E-state index contributed by atoms with van der Waals surface area (Å²) in [6, 6.07) is 12.7. The van der Waals surface area contributed by atoms with Gasteiger partial charge in [-0.2, -0.15) is 5.26 Å². The van der Waals surface area contributed by atoms with E-state index >= 15 is 0 Å². The zero-order valence-corrected chi connectivity index (χ0v) is 17.0. The van der Waals surface area contributed by atoms with Gasteiger partial charge in [0, 0.05) is 23.8 Å². The van der Waals surface area contributed by atoms with Crippen molar-refractivity contribution in [2.45, 2.75) is 37.5 Å². The fraction of sp³-hybridized carbons (Fsp3) is 0.368. The third-order valence-corrected chi connectivity index (χ3v) is 5.95. The summed E-state index contributed by atoms with van der Waals surface area (Å²) in [7, 11) is 1.94. The Morgan fingerprint density at radius 1 is 1.21 bits per heavy atom. The zero-order valence-electron chi connectivity index (χ0n) is 15.2. The van der Waals surface area contributed by atoms with Gasteiger partial charge in [-0.25, -0.2) is 0 Å². The molecule has 0 unspecified atom stereocenters. The average Bonchev–Trinajstić information content (AvgIpc) is 3.07. The van der Waals surface area contributed by atoms with Gasteiger partial charge >= 0.3 is 29.6 Å². The minimum Gasteiger partial charge on any atom is -1.00 e. The number of nitriles is 1. The van der Waals surface area contributed by atoms with Gasteiger partial charge in [-0.3, -0.25) is 0 Å². The SMILES string of the molecule is Cn1c(C#N)ccc1-c1ccc2c(c1)C1(CCCCC1)C(=S)N2.[H-].[Na+]. The van der Waals surface area contributed by atoms with Crippen molar-refractivity contribution in [3.05, 3.63) is 41.6 Å². The predicted molar refractivity (Wildman–Crippen MR) is 97.7 cm³/mol. The van der Waals surface area contributed by atoms with E-state index in [-0.39, 0.29) is 36.4 Å². The van der Waals surface area contributed by atoms with Crippen LogP contribution in [0.1, 0.15) is 44.8 Å². The van der Waals surface area contributed by atoms with E-state index in [1.807, 2.05) is 23.7 Å². The van der Waals surface area contributed by atoms with Crippen LogP contribution in [0.2, 0.25) is 0 Å². The van der Waals surface area contributed by atoms with Gasteiger partial charge in [-0.15, -0.1) is 0 Å². The number of hydrogen-bond acceptors (Lipinski definition) is 2. The molecule has 2 aromatic rings. The van der Waals surface area contributed by atoms with Crippen LogP contribution in [0, 0.1) is 11.3 Å². The molecule has 2 heterocycles. The molecule has 0 atom stereocenters. The Morgan fingerprint density at radius 2 is 1.96 bits per heavy atom. The first-order chi connectivity index (χ1) is 11.2. The van der Waals surface area contributed by atoms with Gasteiger partial charge in [0.25, 0.3) is 0 Å². The first-order valence-electron chi connectivity index (χ1n) is 8.18. The van der Waals surface area contributed by atoms with Crippen molar-refractivity contribution in [3.8, 4) is 17.3 Å². The molecule has 0 saturated heterocycles. The van der Waals surface area contributed by atoms with Crippen molar-refractivity contribution in [3.63, 3.8) is 0 Å². The summed E-state index contributed by atoms with van der Waals surface area (Å²) >= 11 is 5.71. The quantitative estimate of drug-likeness (QED) is 0.631. The largest absolute Gasteiger partial charge is 1.00 e. The zero-order chi connectivity index (χ0) is 16.0. The molecule has 1 saturated carbocycles. The van der Waals surface area contributed by atoms with Gasteiger partial charge in [0.2, 0.25) is 0 Å². The molecular formula is C19H20N3NaS. The van der Waals surface area contributed by atoms with Gasteiger partial charge in [0.05, 0.1) is 4.99 Å². The molecule has 0 radical (unpaired) electrons. The van der Waals surface area contributed by atoms with Crippen molar-refractivity contribution in [2.75, 3.05) is 5.32 Å². The summed E-state index contributed by atoms with van der Waals surface area (Å²) in [4.78, 5) is 0.994. The van der Waals surface area contributed by atoms with Gasteiger partial charge in [0.1, 0.15) is 11.8 Å². The third-order valence-electron chi connectivity index (χ3n) is 5.46. The van der Waals surface area contributed by atoms with Gasteiger partial charge in [0.15, 0.2) is 0 Å². The van der Waals surface area contributed by atoms with Gasteiger partial charge < -0.3 is 11.3 Å². The molecule has 0 bridgehead atoms. The summed E-state index contributed by atoms with van der Waals surface area (Å²) < 4.78 is 1.95. The Labute approximate surface area is 171 Å². The Hall–Kier alpha value is -1.12. The van der Waals surface area contributed by atoms with E-state index in [1.54, 1.807) is 0 Å². The van der Waals surface area contributed by atoms with E-state index in [4.69, 9.17) is 17.5 Å².